The van der Waals surface area contributed by atoms with Crippen molar-refractivity contribution < 1.29 is 23.1 Å². The lowest BCUT2D eigenvalue weighted by atomic mass is 9.95. The number of benzene rings is 2. The Morgan fingerprint density at radius 3 is 2.80 bits per heavy atom. The fourth-order valence-corrected chi connectivity index (χ4v) is 3.60. The van der Waals surface area contributed by atoms with Gasteiger partial charge in [-0.25, -0.2) is 23.4 Å². The van der Waals surface area contributed by atoms with Crippen LogP contribution in [0.1, 0.15) is 33.4 Å². The molecule has 1 aliphatic heterocycles. The summed E-state index contributed by atoms with van der Waals surface area (Å²) in [5.41, 5.74) is 1.85. The molecule has 154 valence electrons. The third kappa shape index (κ3) is 3.49. The average molecular weight is 412 g/mol. The molecule has 3 aromatic rings. The van der Waals surface area contributed by atoms with E-state index in [1.54, 1.807) is 18.2 Å². The van der Waals surface area contributed by atoms with Crippen LogP contribution in [0, 0.1) is 11.6 Å². The largest absolute Gasteiger partial charge is 0.465 e. The Labute approximate surface area is 170 Å². The predicted octanol–water partition coefficient (Wildman–Crippen LogP) is 3.65. The number of rotatable bonds is 3. The summed E-state index contributed by atoms with van der Waals surface area (Å²) >= 11 is 0. The highest BCUT2D eigenvalue weighted by Gasteiger charge is 2.36. The summed E-state index contributed by atoms with van der Waals surface area (Å²) in [7, 11) is 1.25. The summed E-state index contributed by atoms with van der Waals surface area (Å²) in [6.45, 7) is 0.267. The summed E-state index contributed by atoms with van der Waals surface area (Å²) in [6.07, 6.45) is 1.97. The van der Waals surface area contributed by atoms with Crippen molar-refractivity contribution in [2.45, 2.75) is 12.5 Å². The number of hydrogen-bond acceptors (Lipinski definition) is 4. The summed E-state index contributed by atoms with van der Waals surface area (Å²) in [5, 5.41) is 2.70. The van der Waals surface area contributed by atoms with E-state index in [1.807, 2.05) is 0 Å². The second-order valence-electron chi connectivity index (χ2n) is 6.75. The van der Waals surface area contributed by atoms with Crippen molar-refractivity contribution in [1.29, 1.82) is 0 Å². The Morgan fingerprint density at radius 2 is 2.03 bits per heavy atom. The van der Waals surface area contributed by atoms with Crippen LogP contribution in [-0.2, 0) is 11.2 Å². The number of methoxy groups -OCH3 is 1. The Morgan fingerprint density at radius 1 is 1.23 bits per heavy atom. The molecule has 1 atom stereocenters. The van der Waals surface area contributed by atoms with Crippen molar-refractivity contribution in [2.75, 3.05) is 19.0 Å². The number of aromatic amines is 1. The van der Waals surface area contributed by atoms with Crippen LogP contribution in [0.4, 0.5) is 19.3 Å². The molecule has 1 aromatic heterocycles. The molecule has 9 heteroatoms. The minimum atomic E-state index is -0.856. The van der Waals surface area contributed by atoms with Crippen molar-refractivity contribution in [3.05, 3.63) is 82.9 Å². The Balaban J connectivity index is 1.71. The van der Waals surface area contributed by atoms with Crippen LogP contribution in [0.2, 0.25) is 0 Å². The van der Waals surface area contributed by atoms with Gasteiger partial charge in [-0.3, -0.25) is 0 Å². The zero-order valence-corrected chi connectivity index (χ0v) is 16.0. The third-order valence-corrected chi connectivity index (χ3v) is 5.02. The number of nitrogens with one attached hydrogen (secondary N) is 2. The number of esters is 1. The molecule has 0 saturated carbocycles. The SMILES string of the molecule is COC(=O)c1ccccc1NC(=O)N1CCc2[nH]cnc2[C@H]1c1ccc(F)cc1F. The molecule has 2 aromatic carbocycles. The molecule has 30 heavy (non-hydrogen) atoms. The van der Waals surface area contributed by atoms with Crippen LogP contribution in [0.25, 0.3) is 0 Å². The first kappa shape index (κ1) is 19.6. The quantitative estimate of drug-likeness (QED) is 0.643. The highest BCUT2D eigenvalue weighted by molar-refractivity contribution is 6.01. The number of imidazole rings is 1. The molecule has 0 aliphatic carbocycles. The molecule has 0 radical (unpaired) electrons. The maximum absolute atomic E-state index is 14.6. The minimum Gasteiger partial charge on any atom is -0.465 e. The highest BCUT2D eigenvalue weighted by Crippen LogP contribution is 2.35. The number of hydrogen-bond donors (Lipinski definition) is 2. The number of halogens is 2. The van der Waals surface area contributed by atoms with E-state index in [2.05, 4.69) is 15.3 Å². The number of urea groups is 1. The maximum atomic E-state index is 14.6. The van der Waals surface area contributed by atoms with Gasteiger partial charge >= 0.3 is 12.0 Å². The van der Waals surface area contributed by atoms with E-state index in [0.29, 0.717) is 12.1 Å². The fourth-order valence-electron chi connectivity index (χ4n) is 3.60. The van der Waals surface area contributed by atoms with E-state index in [-0.39, 0.29) is 23.4 Å². The summed E-state index contributed by atoms with van der Waals surface area (Å²) in [6, 6.07) is 8.24. The fraction of sp³-hybridized carbons (Fsp3) is 0.190. The van der Waals surface area contributed by atoms with E-state index in [4.69, 9.17) is 4.74 Å². The minimum absolute atomic E-state index is 0.126. The first-order valence-corrected chi connectivity index (χ1v) is 9.21. The Kier molecular flexibility index (Phi) is 5.18. The van der Waals surface area contributed by atoms with Gasteiger partial charge in [-0.15, -0.1) is 0 Å². The molecule has 0 spiro atoms. The van der Waals surface area contributed by atoms with Gasteiger partial charge in [-0.2, -0.15) is 0 Å². The molecule has 0 bridgehead atoms. The van der Waals surface area contributed by atoms with Gasteiger partial charge in [-0.1, -0.05) is 18.2 Å². The van der Waals surface area contributed by atoms with Crippen LogP contribution in [-0.4, -0.2) is 40.5 Å². The van der Waals surface area contributed by atoms with E-state index in [1.165, 1.54) is 30.5 Å². The van der Waals surface area contributed by atoms with Crippen LogP contribution in [0.3, 0.4) is 0 Å². The lowest BCUT2D eigenvalue weighted by Crippen LogP contribution is -2.43. The van der Waals surface area contributed by atoms with Crippen LogP contribution < -0.4 is 5.32 Å². The van der Waals surface area contributed by atoms with Crippen molar-refractivity contribution in [3.63, 3.8) is 0 Å². The molecule has 0 unspecified atom stereocenters. The molecule has 4 rings (SSSR count). The van der Waals surface area contributed by atoms with Crippen LogP contribution >= 0.6 is 0 Å². The molecule has 7 nitrogen and oxygen atoms in total. The number of fused-ring (bicyclic) bond motifs is 1. The van der Waals surface area contributed by atoms with E-state index in [0.717, 1.165) is 17.8 Å². The number of carbonyl (C=O) groups excluding carboxylic acids is 2. The van der Waals surface area contributed by atoms with Crippen molar-refractivity contribution in [3.8, 4) is 0 Å². The summed E-state index contributed by atoms with van der Waals surface area (Å²) in [4.78, 5) is 33.8. The number of ether oxygens (including phenoxy) is 1. The first-order chi connectivity index (χ1) is 14.5. The second kappa shape index (κ2) is 7.94. The lowest BCUT2D eigenvalue weighted by molar-refractivity contribution is 0.0602. The Bertz CT molecular complexity index is 1120. The molecule has 0 fully saturated rings. The maximum Gasteiger partial charge on any atom is 0.339 e. The molecular formula is C21H18F2N4O3. The van der Waals surface area contributed by atoms with Gasteiger partial charge in [0.25, 0.3) is 0 Å². The van der Waals surface area contributed by atoms with Gasteiger partial charge in [0.15, 0.2) is 0 Å². The van der Waals surface area contributed by atoms with Gasteiger partial charge in [0.05, 0.1) is 30.4 Å². The zero-order chi connectivity index (χ0) is 21.3. The monoisotopic (exact) mass is 412 g/mol. The van der Waals surface area contributed by atoms with Gasteiger partial charge in [-0.05, 0) is 18.2 Å². The number of amides is 2. The normalized spacial score (nSPS) is 15.4. The first-order valence-electron chi connectivity index (χ1n) is 9.21. The molecule has 0 saturated heterocycles. The molecule has 2 N–H and O–H groups in total. The number of anilines is 1. The van der Waals surface area contributed by atoms with Crippen LogP contribution in [0.5, 0.6) is 0 Å². The molecule has 2 amide bonds. The molecule has 1 aliphatic rings. The Hall–Kier alpha value is -3.75. The summed E-state index contributed by atoms with van der Waals surface area (Å²) in [5.74, 6) is -2.08. The smallest absolute Gasteiger partial charge is 0.339 e. The van der Waals surface area contributed by atoms with Crippen LogP contribution in [0.15, 0.2) is 48.8 Å². The van der Waals surface area contributed by atoms with Crippen molar-refractivity contribution >= 4 is 17.7 Å². The number of aromatic nitrogens is 2. The average Bonchev–Trinajstić information content (AvgIpc) is 3.22. The van der Waals surface area contributed by atoms with Gasteiger partial charge < -0.3 is 19.9 Å². The second-order valence-corrected chi connectivity index (χ2v) is 6.75. The lowest BCUT2D eigenvalue weighted by Gasteiger charge is -2.35. The highest BCUT2D eigenvalue weighted by atomic mass is 19.1. The number of carbonyl (C=O) groups is 2. The van der Waals surface area contributed by atoms with E-state index in [9.17, 15) is 18.4 Å². The summed E-state index contributed by atoms with van der Waals surface area (Å²) < 4.78 is 32.8. The van der Waals surface area contributed by atoms with Gasteiger partial charge in [0, 0.05) is 30.3 Å². The van der Waals surface area contributed by atoms with Crippen molar-refractivity contribution in [1.82, 2.24) is 14.9 Å². The standard InChI is InChI=1S/C21H18F2N4O3/c1-30-20(28)14-4-2-3-5-16(14)26-21(29)27-9-8-17-18(25-11-24-17)19(27)13-7-6-12(22)10-15(13)23/h2-7,10-11,19H,8-9H2,1H3,(H,24,25)(H,26,29)/t19-/m1/s1. The van der Waals surface area contributed by atoms with E-state index >= 15 is 0 Å². The number of para-hydroxylation sites is 1. The van der Waals surface area contributed by atoms with Crippen molar-refractivity contribution in [2.24, 2.45) is 0 Å². The van der Waals surface area contributed by atoms with E-state index < -0.39 is 29.7 Å². The number of H-pyrrole nitrogens is 1. The predicted molar refractivity (Wildman–Crippen MR) is 104 cm³/mol. The molecule has 2 heterocycles. The number of nitrogens with zero attached hydrogens (tertiary/aromatic N) is 2. The molecular weight excluding hydrogens is 394 g/mol. The van der Waals surface area contributed by atoms with Gasteiger partial charge in [0.2, 0.25) is 0 Å². The zero-order valence-electron chi connectivity index (χ0n) is 16.0. The third-order valence-electron chi connectivity index (χ3n) is 5.02. The topological polar surface area (TPSA) is 87.3 Å². The van der Waals surface area contributed by atoms with Gasteiger partial charge in [0.1, 0.15) is 17.7 Å².